The number of hydrogen-bond donors (Lipinski definition) is 1. The minimum Gasteiger partial charge on any atom is -0.380 e. The molecule has 0 unspecified atom stereocenters. The molecular formula is C12H15N3O3S. The second-order valence-corrected chi connectivity index (χ2v) is 5.77. The number of sulfonamides is 1. The molecule has 0 bridgehead atoms. The Morgan fingerprint density at radius 2 is 2.21 bits per heavy atom. The topological polar surface area (TPSA) is 73.2 Å². The van der Waals surface area contributed by atoms with Crippen LogP contribution in [0.3, 0.4) is 0 Å². The maximum atomic E-state index is 12.1. The summed E-state index contributed by atoms with van der Waals surface area (Å²) in [6.07, 6.45) is 2.75. The number of benzene rings is 1. The summed E-state index contributed by atoms with van der Waals surface area (Å²) in [5.41, 5.74) is 1.40. The number of ether oxygens (including phenoxy) is 1. The fourth-order valence-corrected chi connectivity index (χ4v) is 2.68. The predicted molar refractivity (Wildman–Crippen MR) is 71.2 cm³/mol. The van der Waals surface area contributed by atoms with Gasteiger partial charge in [-0.25, -0.2) is 8.42 Å². The zero-order valence-corrected chi connectivity index (χ0v) is 11.5. The normalized spacial score (nSPS) is 11.5. The molecule has 19 heavy (non-hydrogen) atoms. The van der Waals surface area contributed by atoms with Crippen LogP contribution in [-0.4, -0.2) is 25.3 Å². The number of anilines is 1. The monoisotopic (exact) mass is 281 g/mol. The van der Waals surface area contributed by atoms with Crippen LogP contribution >= 0.6 is 0 Å². The molecule has 6 nitrogen and oxygen atoms in total. The van der Waals surface area contributed by atoms with Gasteiger partial charge >= 0.3 is 0 Å². The van der Waals surface area contributed by atoms with Crippen molar-refractivity contribution in [3.63, 3.8) is 0 Å². The van der Waals surface area contributed by atoms with Crippen LogP contribution in [0.25, 0.3) is 0 Å². The summed E-state index contributed by atoms with van der Waals surface area (Å²) in [6, 6.07) is 7.06. The molecule has 2 aromatic rings. The van der Waals surface area contributed by atoms with Crippen LogP contribution in [0, 0.1) is 0 Å². The summed E-state index contributed by atoms with van der Waals surface area (Å²) < 4.78 is 33.1. The average molecular weight is 281 g/mol. The van der Waals surface area contributed by atoms with Crippen LogP contribution < -0.4 is 4.72 Å². The van der Waals surface area contributed by atoms with Crippen LogP contribution in [0.5, 0.6) is 0 Å². The van der Waals surface area contributed by atoms with Crippen molar-refractivity contribution in [2.75, 3.05) is 11.8 Å². The molecule has 0 amide bonds. The third kappa shape index (κ3) is 3.33. The average Bonchev–Trinajstić information content (AvgIpc) is 2.77. The van der Waals surface area contributed by atoms with Crippen LogP contribution in [0.1, 0.15) is 5.56 Å². The molecule has 1 heterocycles. The molecule has 1 N–H and O–H groups in total. The molecular weight excluding hydrogens is 266 g/mol. The van der Waals surface area contributed by atoms with E-state index in [0.717, 1.165) is 5.56 Å². The smallest absolute Gasteiger partial charge is 0.265 e. The van der Waals surface area contributed by atoms with E-state index in [4.69, 9.17) is 4.74 Å². The summed E-state index contributed by atoms with van der Waals surface area (Å²) in [5, 5.41) is 3.85. The standard InChI is InChI=1S/C12H15N3O3S/c1-15-8-12(7-13-15)19(16,17)14-11-5-3-4-10(6-11)9-18-2/h3-8,14H,9H2,1-2H3. The molecule has 0 saturated carbocycles. The van der Waals surface area contributed by atoms with E-state index in [9.17, 15) is 8.42 Å². The van der Waals surface area contributed by atoms with E-state index < -0.39 is 10.0 Å². The first-order valence-electron chi connectivity index (χ1n) is 5.60. The van der Waals surface area contributed by atoms with Crippen LogP contribution in [0.4, 0.5) is 5.69 Å². The lowest BCUT2D eigenvalue weighted by Gasteiger charge is -2.07. The van der Waals surface area contributed by atoms with Gasteiger partial charge in [-0.3, -0.25) is 9.40 Å². The number of methoxy groups -OCH3 is 1. The van der Waals surface area contributed by atoms with E-state index in [1.54, 1.807) is 32.4 Å². The highest BCUT2D eigenvalue weighted by Gasteiger charge is 2.16. The molecule has 0 fully saturated rings. The van der Waals surface area contributed by atoms with Gasteiger partial charge in [0, 0.05) is 26.0 Å². The second-order valence-electron chi connectivity index (χ2n) is 4.09. The van der Waals surface area contributed by atoms with Gasteiger partial charge in [-0.05, 0) is 17.7 Å². The van der Waals surface area contributed by atoms with Gasteiger partial charge < -0.3 is 4.74 Å². The van der Waals surface area contributed by atoms with E-state index >= 15 is 0 Å². The SMILES string of the molecule is COCc1cccc(NS(=O)(=O)c2cnn(C)c2)c1. The summed E-state index contributed by atoms with van der Waals surface area (Å²) >= 11 is 0. The predicted octanol–water partition coefficient (Wildman–Crippen LogP) is 1.37. The lowest BCUT2D eigenvalue weighted by Crippen LogP contribution is -2.12. The van der Waals surface area contributed by atoms with Crippen molar-refractivity contribution in [3.8, 4) is 0 Å². The number of nitrogens with zero attached hydrogens (tertiary/aromatic N) is 2. The Morgan fingerprint density at radius 3 is 2.84 bits per heavy atom. The summed E-state index contributed by atoms with van der Waals surface area (Å²) in [4.78, 5) is 0.132. The third-order valence-corrected chi connectivity index (χ3v) is 3.82. The third-order valence-electron chi connectivity index (χ3n) is 2.48. The van der Waals surface area contributed by atoms with Crippen LogP contribution in [0.15, 0.2) is 41.6 Å². The largest absolute Gasteiger partial charge is 0.380 e. The number of hydrogen-bond acceptors (Lipinski definition) is 4. The van der Waals surface area contributed by atoms with Gasteiger partial charge in [0.2, 0.25) is 0 Å². The first-order valence-corrected chi connectivity index (χ1v) is 7.09. The van der Waals surface area contributed by atoms with E-state index in [1.807, 2.05) is 6.07 Å². The zero-order valence-electron chi connectivity index (χ0n) is 10.7. The number of aryl methyl sites for hydroxylation is 1. The van der Waals surface area contributed by atoms with Gasteiger partial charge in [0.15, 0.2) is 0 Å². The van der Waals surface area contributed by atoms with Crippen molar-refractivity contribution < 1.29 is 13.2 Å². The molecule has 0 saturated heterocycles. The highest BCUT2D eigenvalue weighted by molar-refractivity contribution is 7.92. The molecule has 7 heteroatoms. The molecule has 0 aliphatic carbocycles. The zero-order chi connectivity index (χ0) is 13.9. The molecule has 0 aliphatic heterocycles. The molecule has 1 aromatic carbocycles. The second kappa shape index (κ2) is 5.41. The fourth-order valence-electron chi connectivity index (χ4n) is 1.64. The van der Waals surface area contributed by atoms with Crippen LogP contribution in [0.2, 0.25) is 0 Å². The van der Waals surface area contributed by atoms with Crippen molar-refractivity contribution in [3.05, 3.63) is 42.2 Å². The molecule has 1 aromatic heterocycles. The van der Waals surface area contributed by atoms with Crippen molar-refractivity contribution in [1.29, 1.82) is 0 Å². The van der Waals surface area contributed by atoms with E-state index in [-0.39, 0.29) is 4.90 Å². The molecule has 2 rings (SSSR count). The van der Waals surface area contributed by atoms with Gasteiger partial charge in [-0.15, -0.1) is 0 Å². The van der Waals surface area contributed by atoms with Crippen molar-refractivity contribution in [1.82, 2.24) is 9.78 Å². The van der Waals surface area contributed by atoms with E-state index in [1.165, 1.54) is 17.1 Å². The Kier molecular flexibility index (Phi) is 3.87. The number of rotatable bonds is 5. The van der Waals surface area contributed by atoms with Gasteiger partial charge in [0.25, 0.3) is 10.0 Å². The summed E-state index contributed by atoms with van der Waals surface area (Å²) in [6.45, 7) is 0.433. The molecule has 0 radical (unpaired) electrons. The molecule has 0 spiro atoms. The summed E-state index contributed by atoms with van der Waals surface area (Å²) in [5.74, 6) is 0. The minimum atomic E-state index is -3.60. The van der Waals surface area contributed by atoms with Gasteiger partial charge in [0.05, 0.1) is 12.8 Å². The molecule has 102 valence electrons. The Hall–Kier alpha value is -1.86. The van der Waals surface area contributed by atoms with Crippen LogP contribution in [-0.2, 0) is 28.4 Å². The fraction of sp³-hybridized carbons (Fsp3) is 0.250. The van der Waals surface area contributed by atoms with E-state index in [2.05, 4.69) is 9.82 Å². The first kappa shape index (κ1) is 13.6. The quantitative estimate of drug-likeness (QED) is 0.898. The maximum absolute atomic E-state index is 12.1. The van der Waals surface area contributed by atoms with Crippen molar-refractivity contribution in [2.45, 2.75) is 11.5 Å². The number of nitrogens with one attached hydrogen (secondary N) is 1. The van der Waals surface area contributed by atoms with Gasteiger partial charge in [-0.1, -0.05) is 12.1 Å². The Morgan fingerprint density at radius 1 is 1.42 bits per heavy atom. The lowest BCUT2D eigenvalue weighted by atomic mass is 10.2. The molecule has 0 atom stereocenters. The lowest BCUT2D eigenvalue weighted by molar-refractivity contribution is 0.185. The highest BCUT2D eigenvalue weighted by atomic mass is 32.2. The molecule has 0 aliphatic rings. The Balaban J connectivity index is 2.23. The minimum absolute atomic E-state index is 0.132. The highest BCUT2D eigenvalue weighted by Crippen LogP contribution is 2.17. The van der Waals surface area contributed by atoms with E-state index in [0.29, 0.717) is 12.3 Å². The van der Waals surface area contributed by atoms with Crippen molar-refractivity contribution in [2.24, 2.45) is 7.05 Å². The van der Waals surface area contributed by atoms with Gasteiger partial charge in [0.1, 0.15) is 4.90 Å². The number of aromatic nitrogens is 2. The van der Waals surface area contributed by atoms with Gasteiger partial charge in [-0.2, -0.15) is 5.10 Å². The summed E-state index contributed by atoms with van der Waals surface area (Å²) in [7, 11) is -0.344. The van der Waals surface area contributed by atoms with Crippen molar-refractivity contribution >= 4 is 15.7 Å². The Labute approximate surface area is 112 Å². The maximum Gasteiger partial charge on any atom is 0.265 e. The first-order chi connectivity index (χ1) is 9.01. The Bertz CT molecular complexity index is 664.